The van der Waals surface area contributed by atoms with E-state index in [2.05, 4.69) is 35.8 Å². The number of likely N-dealkylation sites (tertiary alicyclic amines) is 1. The van der Waals surface area contributed by atoms with E-state index in [-0.39, 0.29) is 11.2 Å². The van der Waals surface area contributed by atoms with Crippen LogP contribution in [0, 0.1) is 23.6 Å². The van der Waals surface area contributed by atoms with Crippen LogP contribution in [0.5, 0.6) is 5.75 Å². The van der Waals surface area contributed by atoms with Gasteiger partial charge in [0.1, 0.15) is 11.6 Å². The molecule has 0 unspecified atom stereocenters. The summed E-state index contributed by atoms with van der Waals surface area (Å²) in [4.78, 5) is 23.3. The molecule has 2 aromatic carbocycles. The number of carboxylic acids is 1. The number of rotatable bonds is 11. The molecule has 1 saturated carbocycles. The maximum absolute atomic E-state index is 13.4. The molecule has 3 heterocycles. The van der Waals surface area contributed by atoms with Gasteiger partial charge < -0.3 is 19.5 Å². The predicted octanol–water partition coefficient (Wildman–Crippen LogP) is 9.15. The van der Waals surface area contributed by atoms with E-state index in [0.29, 0.717) is 36.2 Å². The van der Waals surface area contributed by atoms with Crippen molar-refractivity contribution in [2.45, 2.75) is 111 Å². The molecule has 6 rings (SSSR count). The van der Waals surface area contributed by atoms with E-state index in [1.165, 1.54) is 44.2 Å². The number of aromatic nitrogens is 1. The molecule has 0 radical (unpaired) electrons. The van der Waals surface area contributed by atoms with Gasteiger partial charge in [0.15, 0.2) is 6.10 Å². The van der Waals surface area contributed by atoms with Crippen LogP contribution < -0.4 is 9.64 Å². The number of pyridine rings is 1. The van der Waals surface area contributed by atoms with E-state index >= 15 is 0 Å². The fourth-order valence-corrected chi connectivity index (χ4v) is 7.97. The molecule has 7 nitrogen and oxygen atoms in total. The number of piperidine rings is 2. The first-order valence-corrected chi connectivity index (χ1v) is 18.6. The smallest absolute Gasteiger partial charge is 0.337 e. The van der Waals surface area contributed by atoms with Gasteiger partial charge in [-0.3, -0.25) is 9.88 Å². The summed E-state index contributed by atoms with van der Waals surface area (Å²) in [5.74, 6) is -0.498. The van der Waals surface area contributed by atoms with Gasteiger partial charge in [-0.05, 0) is 126 Å². The highest BCUT2D eigenvalue weighted by Crippen LogP contribution is 2.50. The number of aryl methyl sites for hydroxylation is 1. The molecular formula is C42H56FN3O4. The van der Waals surface area contributed by atoms with Crippen molar-refractivity contribution in [2.75, 3.05) is 37.7 Å². The summed E-state index contributed by atoms with van der Waals surface area (Å²) in [6, 6.07) is 14.7. The normalized spacial score (nSPS) is 19.6. The van der Waals surface area contributed by atoms with Crippen LogP contribution in [0.25, 0.3) is 11.1 Å². The van der Waals surface area contributed by atoms with Crippen LogP contribution in [0.15, 0.2) is 48.5 Å². The van der Waals surface area contributed by atoms with Gasteiger partial charge in [-0.15, -0.1) is 0 Å². The maximum Gasteiger partial charge on any atom is 0.337 e. The van der Waals surface area contributed by atoms with E-state index in [4.69, 9.17) is 14.5 Å². The molecular weight excluding hydrogens is 629 g/mol. The number of benzene rings is 2. The molecule has 270 valence electrons. The number of hydrogen-bond donors (Lipinski definition) is 1. The number of carboxylic acid groups (broad SMARTS) is 1. The molecule has 1 aliphatic carbocycles. The molecule has 1 N–H and O–H groups in total. The second kappa shape index (κ2) is 14.6. The van der Waals surface area contributed by atoms with E-state index in [1.807, 2.05) is 39.8 Å². The van der Waals surface area contributed by atoms with Crippen LogP contribution in [0.3, 0.4) is 0 Å². The first kappa shape index (κ1) is 36.3. The number of hydrogen-bond acceptors (Lipinski definition) is 6. The first-order chi connectivity index (χ1) is 23.7. The molecule has 0 amide bonds. The van der Waals surface area contributed by atoms with Crippen molar-refractivity contribution in [3.05, 3.63) is 76.9 Å². The standard InChI is InChI=1S/C42H56FN3O4/c1-29-35(38(39(47)48)50-40(2,3)4)37(46-25-19-41(5,6)20-26-46)36(34(44-29)28-45-23-21-42(22-24-45)17-7-18-42)31-10-14-33(15-11-31)49-27-16-30-8-12-32(43)13-9-30/h8-15,38H,7,16-28H2,1-6H3,(H,47,48)/t38-/m0/s1. The second-order valence-corrected chi connectivity index (χ2v) is 16.8. The van der Waals surface area contributed by atoms with Gasteiger partial charge in [0, 0.05) is 42.9 Å². The molecule has 1 aromatic heterocycles. The van der Waals surface area contributed by atoms with Gasteiger partial charge in [0.05, 0.1) is 23.6 Å². The Morgan fingerprint density at radius 3 is 2.14 bits per heavy atom. The SMILES string of the molecule is Cc1nc(CN2CCC3(CCC3)CC2)c(-c2ccc(OCCc3ccc(F)cc3)cc2)c(N2CCC(C)(C)CC2)c1[C@H](OC(C)(C)C)C(=O)O. The zero-order valence-electron chi connectivity index (χ0n) is 31.0. The first-order valence-electron chi connectivity index (χ1n) is 18.6. The Kier molecular flexibility index (Phi) is 10.6. The minimum Gasteiger partial charge on any atom is -0.493 e. The third-order valence-electron chi connectivity index (χ3n) is 11.3. The van der Waals surface area contributed by atoms with E-state index in [1.54, 1.807) is 12.1 Å². The number of aliphatic carboxylic acids is 1. The van der Waals surface area contributed by atoms with Crippen LogP contribution in [0.1, 0.15) is 108 Å². The minimum absolute atomic E-state index is 0.216. The van der Waals surface area contributed by atoms with E-state index in [0.717, 1.165) is 72.8 Å². The Bertz CT molecular complexity index is 1620. The third-order valence-corrected chi connectivity index (χ3v) is 11.3. The summed E-state index contributed by atoms with van der Waals surface area (Å²) >= 11 is 0. The number of carbonyl (C=O) groups is 1. The molecule has 2 aliphatic heterocycles. The van der Waals surface area contributed by atoms with Gasteiger partial charge in [-0.1, -0.05) is 44.5 Å². The van der Waals surface area contributed by atoms with Crippen molar-refractivity contribution in [1.29, 1.82) is 0 Å². The average molecular weight is 686 g/mol. The number of ether oxygens (including phenoxy) is 2. The summed E-state index contributed by atoms with van der Waals surface area (Å²) in [5, 5.41) is 10.7. The summed E-state index contributed by atoms with van der Waals surface area (Å²) in [7, 11) is 0. The van der Waals surface area contributed by atoms with Crippen molar-refractivity contribution < 1.29 is 23.8 Å². The monoisotopic (exact) mass is 685 g/mol. The lowest BCUT2D eigenvalue weighted by atomic mass is 9.63. The Hall–Kier alpha value is -3.49. The number of anilines is 1. The van der Waals surface area contributed by atoms with Crippen LogP contribution in [-0.2, 0) is 22.5 Å². The molecule has 3 aliphatic rings. The highest BCUT2D eigenvalue weighted by molar-refractivity contribution is 5.88. The van der Waals surface area contributed by atoms with Crippen molar-refractivity contribution in [3.8, 4) is 16.9 Å². The zero-order valence-corrected chi connectivity index (χ0v) is 31.0. The second-order valence-electron chi connectivity index (χ2n) is 16.8. The van der Waals surface area contributed by atoms with Gasteiger partial charge in [-0.2, -0.15) is 0 Å². The summed E-state index contributed by atoms with van der Waals surface area (Å²) in [5.41, 5.74) is 6.39. The molecule has 3 fully saturated rings. The van der Waals surface area contributed by atoms with Gasteiger partial charge in [0.2, 0.25) is 0 Å². The quantitative estimate of drug-likeness (QED) is 0.216. The minimum atomic E-state index is -1.16. The fourth-order valence-electron chi connectivity index (χ4n) is 7.97. The Morgan fingerprint density at radius 2 is 1.58 bits per heavy atom. The summed E-state index contributed by atoms with van der Waals surface area (Å²) in [6.07, 6.45) is 8.07. The fraction of sp³-hybridized carbons (Fsp3) is 0.571. The molecule has 8 heteroatoms. The van der Waals surface area contributed by atoms with Crippen molar-refractivity contribution in [1.82, 2.24) is 9.88 Å². The predicted molar refractivity (Wildman–Crippen MR) is 197 cm³/mol. The Morgan fingerprint density at radius 1 is 0.940 bits per heavy atom. The molecule has 0 bridgehead atoms. The lowest BCUT2D eigenvalue weighted by molar-refractivity contribution is -0.160. The van der Waals surface area contributed by atoms with E-state index < -0.39 is 17.7 Å². The zero-order chi connectivity index (χ0) is 35.7. The van der Waals surface area contributed by atoms with Crippen molar-refractivity contribution >= 4 is 11.7 Å². The summed E-state index contributed by atoms with van der Waals surface area (Å²) in [6.45, 7) is 17.3. The van der Waals surface area contributed by atoms with Crippen LogP contribution in [0.4, 0.5) is 10.1 Å². The van der Waals surface area contributed by atoms with E-state index in [9.17, 15) is 14.3 Å². The number of nitrogens with zero attached hydrogens (tertiary/aromatic N) is 3. The average Bonchev–Trinajstić information content (AvgIpc) is 3.04. The molecule has 1 spiro atoms. The molecule has 3 aromatic rings. The highest BCUT2D eigenvalue weighted by atomic mass is 19.1. The highest BCUT2D eigenvalue weighted by Gasteiger charge is 2.41. The number of halogens is 1. The molecule has 2 saturated heterocycles. The Balaban J connectivity index is 1.40. The lowest BCUT2D eigenvalue weighted by Gasteiger charge is -2.48. The molecule has 50 heavy (non-hydrogen) atoms. The van der Waals surface area contributed by atoms with Crippen molar-refractivity contribution in [2.24, 2.45) is 10.8 Å². The van der Waals surface area contributed by atoms with Gasteiger partial charge in [0.25, 0.3) is 0 Å². The topological polar surface area (TPSA) is 75.1 Å². The van der Waals surface area contributed by atoms with Gasteiger partial charge >= 0.3 is 5.97 Å². The van der Waals surface area contributed by atoms with Crippen LogP contribution in [-0.4, -0.2) is 59.3 Å². The lowest BCUT2D eigenvalue weighted by Crippen LogP contribution is -2.43. The molecule has 1 atom stereocenters. The van der Waals surface area contributed by atoms with Crippen LogP contribution in [0.2, 0.25) is 0 Å². The summed E-state index contributed by atoms with van der Waals surface area (Å²) < 4.78 is 25.8. The van der Waals surface area contributed by atoms with Gasteiger partial charge in [-0.25, -0.2) is 9.18 Å². The Labute approximate surface area is 298 Å². The maximum atomic E-state index is 13.4. The van der Waals surface area contributed by atoms with Crippen molar-refractivity contribution in [3.63, 3.8) is 0 Å². The largest absolute Gasteiger partial charge is 0.493 e. The van der Waals surface area contributed by atoms with Crippen LogP contribution >= 0.6 is 0 Å². The third kappa shape index (κ3) is 8.51.